The molecule has 0 spiro atoms. The Bertz CT molecular complexity index is 257. The summed E-state index contributed by atoms with van der Waals surface area (Å²) in [6.07, 6.45) is -0.486. The molecule has 3 nitrogen and oxygen atoms in total. The molecule has 2 rings (SSSR count). The Morgan fingerprint density at radius 1 is 1.15 bits per heavy atom. The van der Waals surface area contributed by atoms with Crippen LogP contribution in [0.3, 0.4) is 0 Å². The van der Waals surface area contributed by atoms with Crippen molar-refractivity contribution in [3.05, 3.63) is 30.3 Å². The lowest BCUT2D eigenvalue weighted by Crippen LogP contribution is -2.46. The number of rotatable bonds is 1. The summed E-state index contributed by atoms with van der Waals surface area (Å²) in [6, 6.07) is 9.71. The largest absolute Gasteiger partial charge is 0.494 e. The Balaban J connectivity index is 2.03. The maximum Gasteiger partial charge on any atom is 0.494 e. The summed E-state index contributed by atoms with van der Waals surface area (Å²) in [5.41, 5.74) is 0.995. The van der Waals surface area contributed by atoms with Crippen molar-refractivity contribution in [1.29, 1.82) is 0 Å². The molecule has 0 radical (unpaired) electrons. The molecular formula is C9H11BO3. The number of hydrogen-bond acceptors (Lipinski definition) is 3. The molecule has 1 aliphatic rings. The minimum atomic E-state index is -0.486. The molecule has 0 amide bonds. The van der Waals surface area contributed by atoms with Gasteiger partial charge in [0.2, 0.25) is 0 Å². The molecule has 0 aromatic heterocycles. The summed E-state index contributed by atoms with van der Waals surface area (Å²) in [4.78, 5) is 0. The molecule has 0 saturated carbocycles. The number of hydrogen-bond donors (Lipinski definition) is 1. The van der Waals surface area contributed by atoms with Crippen molar-refractivity contribution in [2.24, 2.45) is 0 Å². The normalized spacial score (nSPS) is 19.0. The number of aliphatic hydroxyl groups is 1. The fourth-order valence-electron chi connectivity index (χ4n) is 1.30. The highest BCUT2D eigenvalue weighted by atomic mass is 16.6. The number of aliphatic hydroxyl groups excluding tert-OH is 1. The quantitative estimate of drug-likeness (QED) is 0.604. The van der Waals surface area contributed by atoms with Gasteiger partial charge in [-0.1, -0.05) is 30.3 Å². The van der Waals surface area contributed by atoms with Crippen molar-refractivity contribution in [3.8, 4) is 0 Å². The van der Waals surface area contributed by atoms with Gasteiger partial charge < -0.3 is 14.4 Å². The van der Waals surface area contributed by atoms with E-state index in [0.717, 1.165) is 5.46 Å². The van der Waals surface area contributed by atoms with Gasteiger partial charge in [0.25, 0.3) is 0 Å². The summed E-state index contributed by atoms with van der Waals surface area (Å²) in [5, 5.41) is 9.12. The van der Waals surface area contributed by atoms with E-state index in [-0.39, 0.29) is 7.12 Å². The van der Waals surface area contributed by atoms with Crippen LogP contribution in [0.2, 0.25) is 0 Å². The molecule has 1 N–H and O–H groups in total. The third-order valence-electron chi connectivity index (χ3n) is 1.95. The Hall–Kier alpha value is -0.835. The first-order chi connectivity index (χ1) is 6.36. The van der Waals surface area contributed by atoms with E-state index >= 15 is 0 Å². The highest BCUT2D eigenvalue weighted by Crippen LogP contribution is 2.02. The van der Waals surface area contributed by atoms with E-state index in [1.54, 1.807) is 0 Å². The van der Waals surface area contributed by atoms with Crippen LogP contribution in [0, 0.1) is 0 Å². The van der Waals surface area contributed by atoms with Crippen LogP contribution in [-0.4, -0.2) is 31.5 Å². The zero-order valence-electron chi connectivity index (χ0n) is 7.22. The SMILES string of the molecule is OC1COB(c2ccccc2)OC1. The van der Waals surface area contributed by atoms with Crippen LogP contribution < -0.4 is 5.46 Å². The van der Waals surface area contributed by atoms with E-state index < -0.39 is 6.10 Å². The second kappa shape index (κ2) is 3.92. The van der Waals surface area contributed by atoms with Gasteiger partial charge in [-0.2, -0.15) is 0 Å². The van der Waals surface area contributed by atoms with Crippen LogP contribution in [0.5, 0.6) is 0 Å². The van der Waals surface area contributed by atoms with Crippen LogP contribution >= 0.6 is 0 Å². The van der Waals surface area contributed by atoms with Crippen LogP contribution in [-0.2, 0) is 9.31 Å². The maximum absolute atomic E-state index is 9.12. The Morgan fingerprint density at radius 2 is 1.77 bits per heavy atom. The predicted octanol–water partition coefficient (Wildman–Crippen LogP) is -0.211. The molecule has 13 heavy (non-hydrogen) atoms. The molecule has 4 heteroatoms. The predicted molar refractivity (Wildman–Crippen MR) is 49.7 cm³/mol. The third kappa shape index (κ3) is 2.09. The zero-order valence-corrected chi connectivity index (χ0v) is 7.22. The van der Waals surface area contributed by atoms with Crippen molar-refractivity contribution in [2.75, 3.05) is 13.2 Å². The van der Waals surface area contributed by atoms with E-state index in [4.69, 9.17) is 14.4 Å². The van der Waals surface area contributed by atoms with Crippen molar-refractivity contribution < 1.29 is 14.4 Å². The molecule has 68 valence electrons. The fourth-order valence-corrected chi connectivity index (χ4v) is 1.30. The highest BCUT2D eigenvalue weighted by Gasteiger charge is 2.27. The summed E-state index contributed by atoms with van der Waals surface area (Å²) >= 11 is 0. The standard InChI is InChI=1S/C9H11BO3/c11-9-6-12-10(13-7-9)8-4-2-1-3-5-8/h1-5,9,11H,6-7H2. The first-order valence-electron chi connectivity index (χ1n) is 4.32. The molecule has 0 bridgehead atoms. The summed E-state index contributed by atoms with van der Waals surface area (Å²) < 4.78 is 10.6. The van der Waals surface area contributed by atoms with Gasteiger partial charge in [0.1, 0.15) is 0 Å². The molecule has 1 heterocycles. The van der Waals surface area contributed by atoms with Crippen LogP contribution in [0.1, 0.15) is 0 Å². The molecule has 1 aliphatic heterocycles. The van der Waals surface area contributed by atoms with Crippen molar-refractivity contribution >= 4 is 12.6 Å². The molecule has 0 atom stereocenters. The first-order valence-corrected chi connectivity index (χ1v) is 4.32. The lowest BCUT2D eigenvalue weighted by Gasteiger charge is -2.23. The van der Waals surface area contributed by atoms with Crippen molar-refractivity contribution in [2.45, 2.75) is 6.10 Å². The second-order valence-electron chi connectivity index (χ2n) is 3.06. The molecule has 1 aromatic rings. The van der Waals surface area contributed by atoms with Gasteiger partial charge in [0.05, 0.1) is 19.3 Å². The maximum atomic E-state index is 9.12. The van der Waals surface area contributed by atoms with E-state index in [9.17, 15) is 0 Å². The van der Waals surface area contributed by atoms with E-state index in [1.807, 2.05) is 30.3 Å². The molecular weight excluding hydrogens is 167 g/mol. The third-order valence-corrected chi connectivity index (χ3v) is 1.95. The Kier molecular flexibility index (Phi) is 2.64. The zero-order chi connectivity index (χ0) is 9.10. The molecule has 1 fully saturated rings. The van der Waals surface area contributed by atoms with Crippen molar-refractivity contribution in [1.82, 2.24) is 0 Å². The van der Waals surface area contributed by atoms with Gasteiger partial charge in [-0.3, -0.25) is 0 Å². The molecule has 0 aliphatic carbocycles. The van der Waals surface area contributed by atoms with E-state index in [1.165, 1.54) is 0 Å². The van der Waals surface area contributed by atoms with Gasteiger partial charge in [-0.05, 0) is 5.46 Å². The topological polar surface area (TPSA) is 38.7 Å². The molecule has 1 saturated heterocycles. The Labute approximate surface area is 77.4 Å². The highest BCUT2D eigenvalue weighted by molar-refractivity contribution is 6.61. The van der Waals surface area contributed by atoms with Gasteiger partial charge >= 0.3 is 7.12 Å². The van der Waals surface area contributed by atoms with Crippen LogP contribution in [0.25, 0.3) is 0 Å². The first kappa shape index (κ1) is 8.75. The summed E-state index contributed by atoms with van der Waals surface area (Å²) in [6.45, 7) is 0.694. The summed E-state index contributed by atoms with van der Waals surface area (Å²) in [5.74, 6) is 0. The lowest BCUT2D eigenvalue weighted by molar-refractivity contribution is 0.00933. The monoisotopic (exact) mass is 178 g/mol. The lowest BCUT2D eigenvalue weighted by atomic mass is 9.78. The second-order valence-corrected chi connectivity index (χ2v) is 3.06. The minimum Gasteiger partial charge on any atom is -0.404 e. The minimum absolute atomic E-state index is 0.315. The van der Waals surface area contributed by atoms with E-state index in [0.29, 0.717) is 13.2 Å². The van der Waals surface area contributed by atoms with Crippen LogP contribution in [0.4, 0.5) is 0 Å². The average Bonchev–Trinajstić information content (AvgIpc) is 2.20. The average molecular weight is 178 g/mol. The smallest absolute Gasteiger partial charge is 0.404 e. The van der Waals surface area contributed by atoms with E-state index in [2.05, 4.69) is 0 Å². The van der Waals surface area contributed by atoms with Gasteiger partial charge in [0, 0.05) is 0 Å². The fraction of sp³-hybridized carbons (Fsp3) is 0.333. The van der Waals surface area contributed by atoms with Crippen LogP contribution in [0.15, 0.2) is 30.3 Å². The van der Waals surface area contributed by atoms with Gasteiger partial charge in [-0.15, -0.1) is 0 Å². The molecule has 1 aromatic carbocycles. The Morgan fingerprint density at radius 3 is 2.38 bits per heavy atom. The van der Waals surface area contributed by atoms with Gasteiger partial charge in [0.15, 0.2) is 0 Å². The summed E-state index contributed by atoms with van der Waals surface area (Å²) in [7, 11) is -0.315. The number of benzene rings is 1. The molecule has 0 unspecified atom stereocenters. The van der Waals surface area contributed by atoms with Crippen molar-refractivity contribution in [3.63, 3.8) is 0 Å². The van der Waals surface area contributed by atoms with Gasteiger partial charge in [-0.25, -0.2) is 0 Å².